The highest BCUT2D eigenvalue weighted by molar-refractivity contribution is 5.76. The monoisotopic (exact) mass is 390 g/mol. The zero-order valence-electron chi connectivity index (χ0n) is 17.4. The fourth-order valence-electron chi connectivity index (χ4n) is 4.69. The number of fused-ring (bicyclic) bond motifs is 4. The van der Waals surface area contributed by atoms with Gasteiger partial charge in [-0.1, -0.05) is 13.8 Å². The van der Waals surface area contributed by atoms with Gasteiger partial charge in [-0.25, -0.2) is 0 Å². The summed E-state index contributed by atoms with van der Waals surface area (Å²) in [6, 6.07) is 8.55. The van der Waals surface area contributed by atoms with Gasteiger partial charge in [-0.05, 0) is 48.4 Å². The molecule has 28 heavy (non-hydrogen) atoms. The Labute approximate surface area is 168 Å². The molecule has 0 saturated carbocycles. The van der Waals surface area contributed by atoms with Gasteiger partial charge < -0.3 is 24.4 Å². The van der Waals surface area contributed by atoms with E-state index in [9.17, 15) is 4.79 Å². The van der Waals surface area contributed by atoms with Gasteiger partial charge in [0.2, 0.25) is 5.91 Å². The molecule has 0 spiro atoms. The quantitative estimate of drug-likeness (QED) is 0.691. The molecule has 3 saturated heterocycles. The Kier molecular flexibility index (Phi) is 6.83. The normalized spacial score (nSPS) is 23.6. The molecule has 4 rings (SSSR count). The van der Waals surface area contributed by atoms with Crippen LogP contribution in [0.15, 0.2) is 24.3 Å². The molecular weight excluding hydrogens is 356 g/mol. The highest BCUT2D eigenvalue weighted by Crippen LogP contribution is 2.43. The Bertz CT molecular complexity index is 646. The molecular formula is C22H34N2O4. The fourth-order valence-corrected chi connectivity index (χ4v) is 4.69. The number of methoxy groups -OCH3 is 1. The van der Waals surface area contributed by atoms with Gasteiger partial charge in [-0.15, -0.1) is 0 Å². The van der Waals surface area contributed by atoms with Crippen LogP contribution in [0.5, 0.6) is 5.75 Å². The number of carbonyl (C=O) groups excluding carboxylic acids is 1. The van der Waals surface area contributed by atoms with Crippen molar-refractivity contribution < 1.29 is 19.4 Å². The third kappa shape index (κ3) is 4.78. The lowest BCUT2D eigenvalue weighted by molar-refractivity contribution is -0.131. The summed E-state index contributed by atoms with van der Waals surface area (Å²) in [5.74, 6) is 1.48. The largest absolute Gasteiger partial charge is 0.491 e. The summed E-state index contributed by atoms with van der Waals surface area (Å²) in [5, 5.41) is 9.05. The number of benzene rings is 1. The van der Waals surface area contributed by atoms with Crippen LogP contribution in [0.4, 0.5) is 5.69 Å². The first-order valence-electron chi connectivity index (χ1n) is 10.3. The van der Waals surface area contributed by atoms with Crippen LogP contribution in [0.1, 0.15) is 33.1 Å². The lowest BCUT2D eigenvalue weighted by Crippen LogP contribution is -2.54. The third-order valence-electron chi connectivity index (χ3n) is 6.05. The molecule has 1 N–H and O–H groups in total. The van der Waals surface area contributed by atoms with Crippen LogP contribution in [-0.2, 0) is 9.53 Å². The summed E-state index contributed by atoms with van der Waals surface area (Å²) < 4.78 is 10.7. The molecule has 3 heterocycles. The molecule has 0 aliphatic carbocycles. The van der Waals surface area contributed by atoms with E-state index in [4.69, 9.17) is 14.6 Å². The molecule has 156 valence electrons. The van der Waals surface area contributed by atoms with Crippen molar-refractivity contribution in [2.24, 2.45) is 11.3 Å². The van der Waals surface area contributed by atoms with Crippen molar-refractivity contribution in [1.82, 2.24) is 4.90 Å². The van der Waals surface area contributed by atoms with Crippen LogP contribution >= 0.6 is 0 Å². The SMILES string of the molecule is COCCOc1ccc(N2C[C@H]3CN(C(=O)CCCO)C[C@@H]2C(C)(C)C3)cc1. The zero-order chi connectivity index (χ0) is 20.1. The molecule has 0 radical (unpaired) electrons. The number of rotatable bonds is 8. The summed E-state index contributed by atoms with van der Waals surface area (Å²) in [7, 11) is 1.67. The predicted molar refractivity (Wildman–Crippen MR) is 110 cm³/mol. The summed E-state index contributed by atoms with van der Waals surface area (Å²) >= 11 is 0. The van der Waals surface area contributed by atoms with Crippen LogP contribution in [0.25, 0.3) is 0 Å². The number of anilines is 1. The first kappa shape index (κ1) is 20.9. The fraction of sp³-hybridized carbons (Fsp3) is 0.682. The van der Waals surface area contributed by atoms with Crippen molar-refractivity contribution in [1.29, 1.82) is 0 Å². The third-order valence-corrected chi connectivity index (χ3v) is 6.05. The van der Waals surface area contributed by atoms with E-state index in [1.807, 2.05) is 17.0 Å². The average molecular weight is 391 g/mol. The summed E-state index contributed by atoms with van der Waals surface area (Å²) in [6.45, 7) is 8.37. The van der Waals surface area contributed by atoms with Crippen molar-refractivity contribution in [3.8, 4) is 5.75 Å². The molecule has 3 aliphatic rings. The Morgan fingerprint density at radius 1 is 1.18 bits per heavy atom. The van der Waals surface area contributed by atoms with Crippen molar-refractivity contribution in [2.75, 3.05) is 51.5 Å². The molecule has 1 amide bonds. The van der Waals surface area contributed by atoms with Gasteiger partial charge >= 0.3 is 0 Å². The maximum Gasteiger partial charge on any atom is 0.222 e. The molecule has 2 bridgehead atoms. The molecule has 1 aromatic carbocycles. The Hall–Kier alpha value is -1.79. The first-order chi connectivity index (χ1) is 13.4. The summed E-state index contributed by atoms with van der Waals surface area (Å²) in [4.78, 5) is 17.1. The molecule has 2 atom stereocenters. The number of piperidine rings is 1. The number of nitrogens with zero attached hydrogens (tertiary/aromatic N) is 2. The molecule has 1 aromatic rings. The second-order valence-electron chi connectivity index (χ2n) is 8.69. The number of carbonyl (C=O) groups is 1. The maximum absolute atomic E-state index is 12.6. The van der Waals surface area contributed by atoms with E-state index in [0.29, 0.717) is 32.0 Å². The van der Waals surface area contributed by atoms with Crippen LogP contribution in [0.3, 0.4) is 0 Å². The van der Waals surface area contributed by atoms with Gasteiger partial charge in [0.15, 0.2) is 0 Å². The highest BCUT2D eigenvalue weighted by atomic mass is 16.5. The predicted octanol–water partition coefficient (Wildman–Crippen LogP) is 2.55. The van der Waals surface area contributed by atoms with E-state index in [1.165, 1.54) is 5.69 Å². The number of aliphatic hydroxyl groups is 1. The number of amides is 1. The molecule has 6 heteroatoms. The minimum absolute atomic E-state index is 0.0723. The number of aliphatic hydroxyl groups excluding tert-OH is 1. The van der Waals surface area contributed by atoms with E-state index in [-0.39, 0.29) is 24.0 Å². The molecule has 3 aliphatic heterocycles. The van der Waals surface area contributed by atoms with Crippen molar-refractivity contribution in [3.05, 3.63) is 24.3 Å². The van der Waals surface area contributed by atoms with E-state index in [1.54, 1.807) is 7.11 Å². The van der Waals surface area contributed by atoms with E-state index in [2.05, 4.69) is 30.9 Å². The second-order valence-corrected chi connectivity index (χ2v) is 8.69. The molecule has 0 aromatic heterocycles. The highest BCUT2D eigenvalue weighted by Gasteiger charge is 2.46. The lowest BCUT2D eigenvalue weighted by Gasteiger charge is -2.48. The topological polar surface area (TPSA) is 62.2 Å². The van der Waals surface area contributed by atoms with Crippen molar-refractivity contribution in [3.63, 3.8) is 0 Å². The van der Waals surface area contributed by atoms with Crippen LogP contribution < -0.4 is 9.64 Å². The standard InChI is InChI=1S/C22H34N2O4/c1-22(2)13-17-14-23(21(26)5-4-10-25)16-20(22)24(15-17)18-6-8-19(9-7-18)28-12-11-27-3/h6-9,17,20,25H,4-5,10-16H2,1-3H3/t17-,20-/m1/s1. The summed E-state index contributed by atoms with van der Waals surface area (Å²) in [6.07, 6.45) is 2.11. The first-order valence-corrected chi connectivity index (χ1v) is 10.3. The lowest BCUT2D eigenvalue weighted by atomic mass is 9.73. The van der Waals surface area contributed by atoms with Gasteiger partial charge in [0.25, 0.3) is 0 Å². The Morgan fingerprint density at radius 2 is 1.93 bits per heavy atom. The molecule has 6 nitrogen and oxygen atoms in total. The smallest absolute Gasteiger partial charge is 0.222 e. The van der Waals surface area contributed by atoms with Crippen LogP contribution in [0, 0.1) is 11.3 Å². The number of ether oxygens (including phenoxy) is 2. The average Bonchev–Trinajstić information content (AvgIpc) is 2.94. The van der Waals surface area contributed by atoms with Gasteiger partial charge in [-0.3, -0.25) is 4.79 Å². The Balaban J connectivity index is 1.74. The minimum Gasteiger partial charge on any atom is -0.491 e. The van der Waals surface area contributed by atoms with Crippen molar-refractivity contribution >= 4 is 11.6 Å². The zero-order valence-corrected chi connectivity index (χ0v) is 17.4. The van der Waals surface area contributed by atoms with Gasteiger partial charge in [0.1, 0.15) is 12.4 Å². The van der Waals surface area contributed by atoms with Crippen LogP contribution in [0.2, 0.25) is 0 Å². The molecule has 0 unspecified atom stereocenters. The summed E-state index contributed by atoms with van der Waals surface area (Å²) in [5.41, 5.74) is 1.33. The number of hydrogen-bond donors (Lipinski definition) is 1. The minimum atomic E-state index is 0.0723. The van der Waals surface area contributed by atoms with E-state index < -0.39 is 0 Å². The van der Waals surface area contributed by atoms with Gasteiger partial charge in [-0.2, -0.15) is 0 Å². The van der Waals surface area contributed by atoms with E-state index in [0.717, 1.165) is 31.8 Å². The maximum atomic E-state index is 12.6. The second kappa shape index (κ2) is 9.14. The van der Waals surface area contributed by atoms with Crippen LogP contribution in [-0.4, -0.2) is 68.5 Å². The Morgan fingerprint density at radius 3 is 2.61 bits per heavy atom. The number of hydrogen-bond acceptors (Lipinski definition) is 5. The van der Waals surface area contributed by atoms with Crippen molar-refractivity contribution in [2.45, 2.75) is 39.2 Å². The van der Waals surface area contributed by atoms with Gasteiger partial charge in [0, 0.05) is 45.5 Å². The molecule has 3 fully saturated rings. The van der Waals surface area contributed by atoms with Gasteiger partial charge in [0.05, 0.1) is 12.6 Å². The van der Waals surface area contributed by atoms with E-state index >= 15 is 0 Å².